The van der Waals surface area contributed by atoms with Crippen LogP contribution >= 0.6 is 23.1 Å². The zero-order valence-corrected chi connectivity index (χ0v) is 8.94. The summed E-state index contributed by atoms with van der Waals surface area (Å²) in [5, 5.41) is 10.1. The fourth-order valence-electron chi connectivity index (χ4n) is 1.34. The van der Waals surface area contributed by atoms with E-state index in [0.29, 0.717) is 23.9 Å². The molecular weight excluding hydrogens is 222 g/mol. The highest BCUT2D eigenvalue weighted by atomic mass is 35.5. The summed E-state index contributed by atoms with van der Waals surface area (Å²) in [5.74, 6) is 0. The fraction of sp³-hybridized carbons (Fsp3) is 0.500. The van der Waals surface area contributed by atoms with Gasteiger partial charge in [-0.05, 0) is 11.5 Å². The fourth-order valence-corrected chi connectivity index (χ4v) is 2.42. The normalized spacial score (nSPS) is 16.7. The van der Waals surface area contributed by atoms with E-state index < -0.39 is 0 Å². The molecule has 74 valence electrons. The molecule has 0 atom stereocenters. The molecule has 0 N–H and O–H groups in total. The molecule has 1 saturated heterocycles. The Bertz CT molecular complexity index is 367. The van der Waals surface area contributed by atoms with E-state index in [0.717, 1.165) is 18.1 Å². The summed E-state index contributed by atoms with van der Waals surface area (Å²) in [7, 11) is 0. The summed E-state index contributed by atoms with van der Waals surface area (Å²) in [5.41, 5.74) is 0.485. The maximum absolute atomic E-state index is 8.89. The largest absolute Gasteiger partial charge is 0.378 e. The number of hydrogen-bond acceptors (Lipinski definition) is 5. The van der Waals surface area contributed by atoms with Crippen molar-refractivity contribution in [2.75, 3.05) is 31.2 Å². The molecule has 0 bridgehead atoms. The Morgan fingerprint density at radius 1 is 1.50 bits per heavy atom. The van der Waals surface area contributed by atoms with Crippen LogP contribution in [0.1, 0.15) is 5.56 Å². The van der Waals surface area contributed by atoms with Gasteiger partial charge in [-0.25, -0.2) is 0 Å². The van der Waals surface area contributed by atoms with E-state index in [-0.39, 0.29) is 0 Å². The van der Waals surface area contributed by atoms with Crippen LogP contribution < -0.4 is 4.90 Å². The van der Waals surface area contributed by atoms with Crippen LogP contribution in [0, 0.1) is 11.3 Å². The van der Waals surface area contributed by atoms with Gasteiger partial charge in [-0.15, -0.1) is 0 Å². The lowest BCUT2D eigenvalue weighted by atomic mass is 10.3. The monoisotopic (exact) mass is 229 g/mol. The number of morpholine rings is 1. The number of nitriles is 1. The molecule has 14 heavy (non-hydrogen) atoms. The Morgan fingerprint density at radius 2 is 2.21 bits per heavy atom. The Morgan fingerprint density at radius 3 is 2.86 bits per heavy atom. The number of nitrogens with zero attached hydrogens (tertiary/aromatic N) is 3. The number of halogens is 1. The second kappa shape index (κ2) is 4.13. The third-order valence-corrected chi connectivity index (χ3v) is 3.33. The molecule has 6 heteroatoms. The molecule has 0 amide bonds. The first kappa shape index (κ1) is 9.71. The van der Waals surface area contributed by atoms with Crippen LogP contribution in [-0.2, 0) is 4.74 Å². The molecule has 0 spiro atoms. The molecule has 4 nitrogen and oxygen atoms in total. The van der Waals surface area contributed by atoms with Gasteiger partial charge in [-0.3, -0.25) is 0 Å². The number of aromatic nitrogens is 1. The molecule has 1 aromatic rings. The Labute approximate surface area is 90.8 Å². The molecule has 0 aromatic carbocycles. The highest BCUT2D eigenvalue weighted by Gasteiger charge is 2.19. The molecule has 1 fully saturated rings. The summed E-state index contributed by atoms with van der Waals surface area (Å²) < 4.78 is 9.19. The van der Waals surface area contributed by atoms with Crippen molar-refractivity contribution in [2.24, 2.45) is 0 Å². The average Bonchev–Trinajstić information content (AvgIpc) is 2.61. The van der Waals surface area contributed by atoms with Crippen molar-refractivity contribution in [1.29, 1.82) is 5.26 Å². The number of ether oxygens (including phenoxy) is 1. The SMILES string of the molecule is N#Cc1c(Cl)nsc1N1CCOCC1. The first-order valence-electron chi connectivity index (χ1n) is 4.21. The van der Waals surface area contributed by atoms with Crippen LogP contribution in [0.5, 0.6) is 0 Å². The molecule has 1 aliphatic rings. The van der Waals surface area contributed by atoms with Crippen LogP contribution in [0.3, 0.4) is 0 Å². The zero-order valence-electron chi connectivity index (χ0n) is 7.36. The van der Waals surface area contributed by atoms with E-state index in [1.165, 1.54) is 11.5 Å². The Balaban J connectivity index is 2.26. The quantitative estimate of drug-likeness (QED) is 0.733. The van der Waals surface area contributed by atoms with Crippen molar-refractivity contribution in [3.8, 4) is 6.07 Å². The van der Waals surface area contributed by atoms with E-state index >= 15 is 0 Å². The minimum atomic E-state index is 0.305. The van der Waals surface area contributed by atoms with Crippen molar-refractivity contribution >= 4 is 28.1 Å². The third kappa shape index (κ3) is 1.69. The topological polar surface area (TPSA) is 49.2 Å². The molecule has 0 unspecified atom stereocenters. The predicted octanol–water partition coefficient (Wildman–Crippen LogP) is 1.50. The Kier molecular flexibility index (Phi) is 2.87. The van der Waals surface area contributed by atoms with E-state index in [1.807, 2.05) is 0 Å². The minimum absolute atomic E-state index is 0.305. The van der Waals surface area contributed by atoms with Crippen molar-refractivity contribution in [3.05, 3.63) is 10.7 Å². The van der Waals surface area contributed by atoms with Crippen molar-refractivity contribution in [2.45, 2.75) is 0 Å². The minimum Gasteiger partial charge on any atom is -0.378 e. The van der Waals surface area contributed by atoms with E-state index in [4.69, 9.17) is 21.6 Å². The van der Waals surface area contributed by atoms with Gasteiger partial charge in [-0.1, -0.05) is 11.6 Å². The second-order valence-corrected chi connectivity index (χ2v) is 3.97. The van der Waals surface area contributed by atoms with E-state index in [9.17, 15) is 0 Å². The van der Waals surface area contributed by atoms with Gasteiger partial charge < -0.3 is 9.64 Å². The smallest absolute Gasteiger partial charge is 0.162 e. The van der Waals surface area contributed by atoms with Crippen LogP contribution in [0.15, 0.2) is 0 Å². The van der Waals surface area contributed by atoms with Crippen LogP contribution in [-0.4, -0.2) is 30.7 Å². The molecule has 1 aromatic heterocycles. The Hall–Kier alpha value is -0.830. The molecule has 0 aliphatic carbocycles. The maximum atomic E-state index is 8.89. The lowest BCUT2D eigenvalue weighted by Gasteiger charge is -2.27. The number of hydrogen-bond donors (Lipinski definition) is 0. The molecule has 0 radical (unpaired) electrons. The van der Waals surface area contributed by atoms with E-state index in [2.05, 4.69) is 15.3 Å². The molecule has 2 heterocycles. The number of rotatable bonds is 1. The van der Waals surface area contributed by atoms with Crippen molar-refractivity contribution in [1.82, 2.24) is 4.37 Å². The number of anilines is 1. The maximum Gasteiger partial charge on any atom is 0.162 e. The van der Waals surface area contributed by atoms with E-state index in [1.54, 1.807) is 0 Å². The third-order valence-electron chi connectivity index (χ3n) is 2.04. The van der Waals surface area contributed by atoms with Gasteiger partial charge >= 0.3 is 0 Å². The molecular formula is C8H8ClN3OS. The van der Waals surface area contributed by atoms with Gasteiger partial charge in [0.05, 0.1) is 13.2 Å². The highest BCUT2D eigenvalue weighted by molar-refractivity contribution is 7.10. The first-order valence-corrected chi connectivity index (χ1v) is 5.36. The summed E-state index contributed by atoms with van der Waals surface area (Å²) >= 11 is 7.06. The van der Waals surface area contributed by atoms with Crippen molar-refractivity contribution < 1.29 is 4.74 Å². The first-order chi connectivity index (χ1) is 6.83. The van der Waals surface area contributed by atoms with Crippen LogP contribution in [0.25, 0.3) is 0 Å². The lowest BCUT2D eigenvalue weighted by Crippen LogP contribution is -2.36. The van der Waals surface area contributed by atoms with Gasteiger partial charge in [0.15, 0.2) is 5.15 Å². The van der Waals surface area contributed by atoms with Gasteiger partial charge in [-0.2, -0.15) is 9.64 Å². The average molecular weight is 230 g/mol. The summed E-state index contributed by atoms with van der Waals surface area (Å²) in [6.45, 7) is 2.99. The molecule has 2 rings (SSSR count). The summed E-state index contributed by atoms with van der Waals surface area (Å²) in [4.78, 5) is 2.09. The van der Waals surface area contributed by atoms with Crippen molar-refractivity contribution in [3.63, 3.8) is 0 Å². The predicted molar refractivity (Wildman–Crippen MR) is 54.9 cm³/mol. The highest BCUT2D eigenvalue weighted by Crippen LogP contribution is 2.31. The standard InChI is InChI=1S/C8H8ClN3OS/c9-7-6(5-10)8(14-11-7)12-1-3-13-4-2-12/h1-4H2. The van der Waals surface area contributed by atoms with Gasteiger partial charge in [0.1, 0.15) is 16.6 Å². The van der Waals surface area contributed by atoms with Gasteiger partial charge in [0, 0.05) is 13.1 Å². The van der Waals surface area contributed by atoms with Crippen LogP contribution in [0.2, 0.25) is 5.15 Å². The van der Waals surface area contributed by atoms with Gasteiger partial charge in [0.2, 0.25) is 0 Å². The summed E-state index contributed by atoms with van der Waals surface area (Å²) in [6, 6.07) is 2.07. The van der Waals surface area contributed by atoms with Crippen LogP contribution in [0.4, 0.5) is 5.00 Å². The molecule has 1 aliphatic heterocycles. The summed E-state index contributed by atoms with van der Waals surface area (Å²) in [6.07, 6.45) is 0. The lowest BCUT2D eigenvalue weighted by molar-refractivity contribution is 0.123. The molecule has 0 saturated carbocycles. The zero-order chi connectivity index (χ0) is 9.97. The second-order valence-electron chi connectivity index (χ2n) is 2.86. The van der Waals surface area contributed by atoms with Gasteiger partial charge in [0.25, 0.3) is 0 Å².